The van der Waals surface area contributed by atoms with Crippen molar-refractivity contribution in [1.29, 1.82) is 0 Å². The van der Waals surface area contributed by atoms with Gasteiger partial charge >= 0.3 is 0 Å². The molecule has 1 N–H and O–H groups in total. The number of aryl methyl sites for hydroxylation is 1. The molecule has 0 aliphatic carbocycles. The van der Waals surface area contributed by atoms with E-state index in [0.717, 1.165) is 16.8 Å². The van der Waals surface area contributed by atoms with E-state index in [9.17, 15) is 0 Å². The number of hydrogen-bond donors (Lipinski definition) is 1. The minimum absolute atomic E-state index is 0.0675. The first kappa shape index (κ1) is 14.4. The predicted octanol–water partition coefficient (Wildman–Crippen LogP) is 5.52. The minimum atomic E-state index is 0.0675. The molecule has 1 aromatic carbocycles. The minimum Gasteiger partial charge on any atom is -0.376 e. The van der Waals surface area contributed by atoms with Crippen molar-refractivity contribution >= 4 is 40.5 Å². The first-order chi connectivity index (χ1) is 8.97. The van der Waals surface area contributed by atoms with Gasteiger partial charge in [-0.3, -0.25) is 0 Å². The third kappa shape index (κ3) is 3.53. The van der Waals surface area contributed by atoms with Crippen LogP contribution in [0.4, 0.5) is 5.69 Å². The Kier molecular flexibility index (Phi) is 4.56. The highest BCUT2D eigenvalue weighted by Gasteiger charge is 2.12. The lowest BCUT2D eigenvalue weighted by atomic mass is 10.1. The summed E-state index contributed by atoms with van der Waals surface area (Å²) >= 11 is 18.0. The number of nitrogens with zero attached hydrogens (tertiary/aromatic N) is 1. The van der Waals surface area contributed by atoms with Crippen molar-refractivity contribution in [3.8, 4) is 0 Å². The Labute approximate surface area is 127 Å². The number of rotatable bonds is 3. The Morgan fingerprint density at radius 2 is 1.89 bits per heavy atom. The first-order valence-electron chi connectivity index (χ1n) is 5.82. The third-order valence-corrected chi connectivity index (χ3v) is 3.55. The summed E-state index contributed by atoms with van der Waals surface area (Å²) in [6, 6.07) is 9.55. The molecule has 100 valence electrons. The number of pyridine rings is 1. The number of aromatic nitrogens is 1. The molecule has 0 saturated heterocycles. The van der Waals surface area contributed by atoms with Crippen molar-refractivity contribution in [2.24, 2.45) is 0 Å². The molecule has 19 heavy (non-hydrogen) atoms. The molecule has 0 aliphatic rings. The molecule has 0 saturated carbocycles. The van der Waals surface area contributed by atoms with Crippen LogP contribution in [0.3, 0.4) is 0 Å². The quantitative estimate of drug-likeness (QED) is 0.754. The van der Waals surface area contributed by atoms with Gasteiger partial charge in [-0.05, 0) is 43.2 Å². The molecule has 0 spiro atoms. The molecule has 2 aromatic rings. The van der Waals surface area contributed by atoms with Crippen molar-refractivity contribution < 1.29 is 0 Å². The van der Waals surface area contributed by atoms with Crippen LogP contribution in [0.1, 0.15) is 24.1 Å². The lowest BCUT2D eigenvalue weighted by Crippen LogP contribution is -2.08. The largest absolute Gasteiger partial charge is 0.376 e. The van der Waals surface area contributed by atoms with Crippen LogP contribution in [0, 0.1) is 6.92 Å². The maximum absolute atomic E-state index is 6.11. The van der Waals surface area contributed by atoms with Gasteiger partial charge in [-0.1, -0.05) is 46.9 Å². The fourth-order valence-corrected chi connectivity index (χ4v) is 2.63. The van der Waals surface area contributed by atoms with Gasteiger partial charge in [0, 0.05) is 11.1 Å². The van der Waals surface area contributed by atoms with Gasteiger partial charge in [-0.2, -0.15) is 0 Å². The van der Waals surface area contributed by atoms with Crippen LogP contribution >= 0.6 is 34.8 Å². The molecule has 0 fully saturated rings. The van der Waals surface area contributed by atoms with Gasteiger partial charge in [0.2, 0.25) is 0 Å². The van der Waals surface area contributed by atoms with Crippen molar-refractivity contribution in [3.05, 3.63) is 56.8 Å². The van der Waals surface area contributed by atoms with Gasteiger partial charge in [-0.15, -0.1) is 0 Å². The number of anilines is 1. The predicted molar refractivity (Wildman–Crippen MR) is 82.5 cm³/mol. The van der Waals surface area contributed by atoms with Gasteiger partial charge < -0.3 is 5.32 Å². The maximum Gasteiger partial charge on any atom is 0.154 e. The molecule has 1 atom stereocenters. The zero-order valence-corrected chi connectivity index (χ0v) is 12.8. The molecule has 0 radical (unpaired) electrons. The fraction of sp³-hybridized carbons (Fsp3) is 0.214. The molecule has 5 heteroatoms. The van der Waals surface area contributed by atoms with E-state index in [1.165, 1.54) is 0 Å². The zero-order chi connectivity index (χ0) is 14.0. The molecule has 0 amide bonds. The van der Waals surface area contributed by atoms with Crippen molar-refractivity contribution in [2.75, 3.05) is 5.32 Å². The Bertz CT molecular complexity index is 576. The lowest BCUT2D eigenvalue weighted by molar-refractivity contribution is 0.880. The molecular formula is C14H13Cl3N2. The molecular weight excluding hydrogens is 303 g/mol. The van der Waals surface area contributed by atoms with Crippen LogP contribution in [-0.2, 0) is 0 Å². The fourth-order valence-electron chi connectivity index (χ4n) is 1.84. The van der Waals surface area contributed by atoms with Crippen LogP contribution in [0.15, 0.2) is 30.3 Å². The van der Waals surface area contributed by atoms with Gasteiger partial charge in [-0.25, -0.2) is 4.98 Å². The van der Waals surface area contributed by atoms with E-state index in [4.69, 9.17) is 34.8 Å². The Morgan fingerprint density at radius 3 is 2.53 bits per heavy atom. The summed E-state index contributed by atoms with van der Waals surface area (Å²) in [4.78, 5) is 4.04. The molecule has 2 nitrogen and oxygen atoms in total. The number of benzene rings is 1. The second kappa shape index (κ2) is 6.00. The number of nitrogens with one attached hydrogen (secondary N) is 1. The normalized spacial score (nSPS) is 12.3. The van der Waals surface area contributed by atoms with Gasteiger partial charge in [0.1, 0.15) is 5.15 Å². The first-order valence-corrected chi connectivity index (χ1v) is 6.95. The Balaban J connectivity index is 2.26. The van der Waals surface area contributed by atoms with Crippen LogP contribution in [0.2, 0.25) is 15.3 Å². The third-order valence-electron chi connectivity index (χ3n) is 2.85. The Hall–Kier alpha value is -0.960. The van der Waals surface area contributed by atoms with Crippen LogP contribution in [0.5, 0.6) is 0 Å². The summed E-state index contributed by atoms with van der Waals surface area (Å²) in [6.07, 6.45) is 0. The van der Waals surface area contributed by atoms with Crippen LogP contribution in [-0.4, -0.2) is 4.98 Å². The van der Waals surface area contributed by atoms with E-state index >= 15 is 0 Å². The summed E-state index contributed by atoms with van der Waals surface area (Å²) in [7, 11) is 0. The van der Waals surface area contributed by atoms with Gasteiger partial charge in [0.25, 0.3) is 0 Å². The maximum atomic E-state index is 6.11. The zero-order valence-electron chi connectivity index (χ0n) is 10.5. The highest BCUT2D eigenvalue weighted by molar-refractivity contribution is 6.34. The lowest BCUT2D eigenvalue weighted by Gasteiger charge is -2.18. The summed E-state index contributed by atoms with van der Waals surface area (Å²) in [6.45, 7) is 3.97. The average molecular weight is 316 g/mol. The monoisotopic (exact) mass is 314 g/mol. The Morgan fingerprint density at radius 1 is 1.16 bits per heavy atom. The van der Waals surface area contributed by atoms with Crippen molar-refractivity contribution in [2.45, 2.75) is 19.9 Å². The molecule has 0 bridgehead atoms. The van der Waals surface area contributed by atoms with Crippen LogP contribution < -0.4 is 5.32 Å². The summed E-state index contributed by atoms with van der Waals surface area (Å²) in [5, 5.41) is 4.81. The highest BCUT2D eigenvalue weighted by atomic mass is 35.5. The smallest absolute Gasteiger partial charge is 0.154 e. The topological polar surface area (TPSA) is 24.9 Å². The summed E-state index contributed by atoms with van der Waals surface area (Å²) in [5.74, 6) is 0. The van der Waals surface area contributed by atoms with E-state index in [-0.39, 0.29) is 6.04 Å². The van der Waals surface area contributed by atoms with Gasteiger partial charge in [0.05, 0.1) is 5.69 Å². The van der Waals surface area contributed by atoms with Crippen molar-refractivity contribution in [3.63, 3.8) is 0 Å². The van der Waals surface area contributed by atoms with E-state index in [0.29, 0.717) is 15.3 Å². The second-order valence-electron chi connectivity index (χ2n) is 4.35. The molecule has 1 unspecified atom stereocenters. The van der Waals surface area contributed by atoms with Crippen LogP contribution in [0.25, 0.3) is 0 Å². The SMILES string of the molecule is Cc1cc(Cl)nc(Cl)c1NC(C)c1cccc(Cl)c1. The molecule has 1 heterocycles. The number of hydrogen-bond acceptors (Lipinski definition) is 2. The summed E-state index contributed by atoms with van der Waals surface area (Å²) < 4.78 is 0. The van der Waals surface area contributed by atoms with E-state index in [1.54, 1.807) is 6.07 Å². The standard InChI is InChI=1S/C14H13Cl3N2/c1-8-6-12(16)19-14(17)13(8)18-9(2)10-4-3-5-11(15)7-10/h3-7,9,18H,1-2H3. The van der Waals surface area contributed by atoms with E-state index in [2.05, 4.69) is 10.3 Å². The molecule has 0 aliphatic heterocycles. The summed E-state index contributed by atoms with van der Waals surface area (Å²) in [5.41, 5.74) is 2.83. The van der Waals surface area contributed by atoms with Crippen molar-refractivity contribution in [1.82, 2.24) is 4.98 Å². The van der Waals surface area contributed by atoms with Gasteiger partial charge in [0.15, 0.2) is 5.15 Å². The second-order valence-corrected chi connectivity index (χ2v) is 5.53. The highest BCUT2D eigenvalue weighted by Crippen LogP contribution is 2.30. The molecule has 2 rings (SSSR count). The van der Waals surface area contributed by atoms with E-state index in [1.807, 2.05) is 38.1 Å². The van der Waals surface area contributed by atoms with E-state index < -0.39 is 0 Å². The number of halogens is 3. The molecule has 1 aromatic heterocycles. The average Bonchev–Trinajstić information content (AvgIpc) is 2.33.